The van der Waals surface area contributed by atoms with E-state index in [4.69, 9.17) is 58.0 Å². The summed E-state index contributed by atoms with van der Waals surface area (Å²) < 4.78 is 0. The van der Waals surface area contributed by atoms with Crippen LogP contribution in [-0.2, 0) is 4.79 Å². The normalized spacial score (nSPS) is 10.2. The highest BCUT2D eigenvalue weighted by molar-refractivity contribution is 6.56. The van der Waals surface area contributed by atoms with Crippen LogP contribution in [0.1, 0.15) is 0 Å². The van der Waals surface area contributed by atoms with Crippen LogP contribution in [0.4, 0.5) is 5.69 Å². The molecular weight excluding hydrogens is 353 g/mol. The fraction of sp³-hybridized carbons (Fsp3) is 0.182. The molecule has 0 radical (unpaired) electrons. The number of carbonyl (C=O) groups excluding carboxylic acids is 1. The second kappa shape index (κ2) is 7.46. The van der Waals surface area contributed by atoms with Crippen molar-refractivity contribution in [2.24, 2.45) is 0 Å². The molecular formula is C11H9Cl5N2O. The van der Waals surface area contributed by atoms with Crippen molar-refractivity contribution in [1.82, 2.24) is 5.32 Å². The Morgan fingerprint density at radius 1 is 0.947 bits per heavy atom. The van der Waals surface area contributed by atoms with E-state index >= 15 is 0 Å². The van der Waals surface area contributed by atoms with Gasteiger partial charge in [-0.1, -0.05) is 64.6 Å². The van der Waals surface area contributed by atoms with E-state index in [0.29, 0.717) is 18.8 Å². The topological polar surface area (TPSA) is 41.1 Å². The summed E-state index contributed by atoms with van der Waals surface area (Å²) in [5.41, 5.74) is 0.371. The van der Waals surface area contributed by atoms with Crippen molar-refractivity contribution in [3.8, 4) is 0 Å². The van der Waals surface area contributed by atoms with Crippen LogP contribution >= 0.6 is 58.0 Å². The van der Waals surface area contributed by atoms with Gasteiger partial charge < -0.3 is 10.6 Å². The first-order valence-corrected chi connectivity index (χ1v) is 6.94. The number of nitrogens with one attached hydrogen (secondary N) is 2. The van der Waals surface area contributed by atoms with Gasteiger partial charge in [-0.3, -0.25) is 4.79 Å². The van der Waals surface area contributed by atoms with Crippen LogP contribution < -0.4 is 10.6 Å². The summed E-state index contributed by atoms with van der Waals surface area (Å²) in [7, 11) is 0. The minimum atomic E-state index is -0.272. The lowest BCUT2D eigenvalue weighted by atomic mass is 10.3. The third-order valence-corrected chi connectivity index (χ3v) is 4.40. The number of amides is 1. The summed E-state index contributed by atoms with van der Waals surface area (Å²) in [5.74, 6) is -0.272. The molecule has 0 aromatic heterocycles. The van der Waals surface area contributed by atoms with Crippen molar-refractivity contribution in [2.75, 3.05) is 18.4 Å². The first kappa shape index (κ1) is 16.7. The Morgan fingerprint density at radius 2 is 1.42 bits per heavy atom. The Kier molecular flexibility index (Phi) is 6.57. The number of halogens is 5. The molecule has 0 saturated heterocycles. The molecule has 0 saturated carbocycles. The van der Waals surface area contributed by atoms with Crippen molar-refractivity contribution in [2.45, 2.75) is 0 Å². The van der Waals surface area contributed by atoms with Gasteiger partial charge in [0.05, 0.1) is 30.8 Å². The van der Waals surface area contributed by atoms with Gasteiger partial charge in [0.1, 0.15) is 0 Å². The van der Waals surface area contributed by atoms with E-state index < -0.39 is 0 Å². The molecule has 1 aromatic rings. The largest absolute Gasteiger partial charge is 0.381 e. The highest BCUT2D eigenvalue weighted by Gasteiger charge is 2.18. The van der Waals surface area contributed by atoms with Gasteiger partial charge in [0.25, 0.3) is 0 Å². The quantitative estimate of drug-likeness (QED) is 0.346. The third-order valence-electron chi connectivity index (χ3n) is 2.12. The number of anilines is 1. The monoisotopic (exact) mass is 360 g/mol. The van der Waals surface area contributed by atoms with Crippen molar-refractivity contribution in [3.05, 3.63) is 37.8 Å². The fourth-order valence-electron chi connectivity index (χ4n) is 1.21. The Labute approximate surface area is 135 Å². The lowest BCUT2D eigenvalue weighted by molar-refractivity contribution is -0.116. The first-order chi connectivity index (χ1) is 8.90. The van der Waals surface area contributed by atoms with Gasteiger partial charge in [0.15, 0.2) is 0 Å². The van der Waals surface area contributed by atoms with Gasteiger partial charge in [-0.2, -0.15) is 0 Å². The van der Waals surface area contributed by atoms with E-state index in [0.717, 1.165) is 0 Å². The Balaban J connectivity index is 2.79. The zero-order valence-corrected chi connectivity index (χ0v) is 13.3. The SMILES string of the molecule is C=CC(=O)NCCNc1c(Cl)c(Cl)c(Cl)c(Cl)c1Cl. The van der Waals surface area contributed by atoms with E-state index in [-0.39, 0.29) is 31.0 Å². The summed E-state index contributed by atoms with van der Waals surface area (Å²) >= 11 is 29.7. The van der Waals surface area contributed by atoms with E-state index in [1.807, 2.05) is 0 Å². The summed E-state index contributed by atoms with van der Waals surface area (Å²) in [5, 5.41) is 6.21. The highest BCUT2D eigenvalue weighted by atomic mass is 35.5. The van der Waals surface area contributed by atoms with Crippen LogP contribution in [0.5, 0.6) is 0 Å². The number of carbonyl (C=O) groups is 1. The molecule has 0 aliphatic rings. The van der Waals surface area contributed by atoms with E-state index in [1.54, 1.807) is 0 Å². The molecule has 1 amide bonds. The molecule has 1 rings (SSSR count). The van der Waals surface area contributed by atoms with Gasteiger partial charge in [-0.05, 0) is 6.08 Å². The second-order valence-electron chi connectivity index (χ2n) is 3.37. The predicted octanol–water partition coefficient (Wildman–Crippen LogP) is 4.67. The molecule has 0 fully saturated rings. The zero-order valence-electron chi connectivity index (χ0n) is 9.50. The number of benzene rings is 1. The van der Waals surface area contributed by atoms with Crippen molar-refractivity contribution < 1.29 is 4.79 Å². The molecule has 19 heavy (non-hydrogen) atoms. The molecule has 1 aromatic carbocycles. The highest BCUT2D eigenvalue weighted by Crippen LogP contribution is 2.46. The van der Waals surface area contributed by atoms with Gasteiger partial charge in [-0.25, -0.2) is 0 Å². The summed E-state index contributed by atoms with van der Waals surface area (Å²) in [4.78, 5) is 10.9. The van der Waals surface area contributed by atoms with E-state index in [2.05, 4.69) is 17.2 Å². The molecule has 2 N–H and O–H groups in total. The maximum Gasteiger partial charge on any atom is 0.243 e. The minimum absolute atomic E-state index is 0.101. The maximum absolute atomic E-state index is 10.9. The molecule has 0 atom stereocenters. The molecule has 104 valence electrons. The van der Waals surface area contributed by atoms with Crippen LogP contribution in [0.2, 0.25) is 25.1 Å². The van der Waals surface area contributed by atoms with Crippen LogP contribution in [-0.4, -0.2) is 19.0 Å². The van der Waals surface area contributed by atoms with Crippen molar-refractivity contribution in [1.29, 1.82) is 0 Å². The molecule has 0 spiro atoms. The van der Waals surface area contributed by atoms with Crippen molar-refractivity contribution >= 4 is 69.6 Å². The molecule has 8 heteroatoms. The Bertz CT molecular complexity index is 489. The second-order valence-corrected chi connectivity index (χ2v) is 5.26. The molecule has 3 nitrogen and oxygen atoms in total. The predicted molar refractivity (Wildman–Crippen MR) is 83.2 cm³/mol. The summed E-state index contributed by atoms with van der Waals surface area (Å²) in [6, 6.07) is 0. The van der Waals surface area contributed by atoms with Crippen molar-refractivity contribution in [3.63, 3.8) is 0 Å². The van der Waals surface area contributed by atoms with Gasteiger partial charge in [-0.15, -0.1) is 0 Å². The molecule has 0 heterocycles. The molecule has 0 aliphatic carbocycles. The van der Waals surface area contributed by atoms with Gasteiger partial charge in [0.2, 0.25) is 5.91 Å². The third kappa shape index (κ3) is 4.07. The van der Waals surface area contributed by atoms with Crippen LogP contribution in [0, 0.1) is 0 Å². The number of hydrogen-bond donors (Lipinski definition) is 2. The summed E-state index contributed by atoms with van der Waals surface area (Å²) in [6.07, 6.45) is 1.18. The van der Waals surface area contributed by atoms with Gasteiger partial charge in [0, 0.05) is 13.1 Å². The number of hydrogen-bond acceptors (Lipinski definition) is 2. The maximum atomic E-state index is 10.9. The summed E-state index contributed by atoms with van der Waals surface area (Å²) in [6.45, 7) is 4.07. The van der Waals surface area contributed by atoms with Gasteiger partial charge >= 0.3 is 0 Å². The average Bonchev–Trinajstić information content (AvgIpc) is 2.41. The van der Waals surface area contributed by atoms with Crippen LogP contribution in [0.3, 0.4) is 0 Å². The standard InChI is InChI=1S/C11H9Cl5N2O/c1-2-5(19)17-3-4-18-11-9(15)7(13)6(12)8(14)10(11)16/h2,18H,1,3-4H2,(H,17,19). The lowest BCUT2D eigenvalue weighted by Crippen LogP contribution is -2.27. The van der Waals surface area contributed by atoms with Crippen LogP contribution in [0.25, 0.3) is 0 Å². The minimum Gasteiger partial charge on any atom is -0.381 e. The first-order valence-electron chi connectivity index (χ1n) is 5.05. The lowest BCUT2D eigenvalue weighted by Gasteiger charge is -2.14. The average molecular weight is 362 g/mol. The number of rotatable bonds is 5. The molecule has 0 unspecified atom stereocenters. The smallest absolute Gasteiger partial charge is 0.243 e. The molecule has 0 aliphatic heterocycles. The van der Waals surface area contributed by atoms with Crippen LogP contribution in [0.15, 0.2) is 12.7 Å². The van der Waals surface area contributed by atoms with E-state index in [1.165, 1.54) is 6.08 Å². The molecule has 0 bridgehead atoms. The Morgan fingerprint density at radius 3 is 1.89 bits per heavy atom. The fourth-order valence-corrected chi connectivity index (χ4v) is 2.48. The zero-order chi connectivity index (χ0) is 14.6. The Hall–Kier alpha value is -0.320. The van der Waals surface area contributed by atoms with E-state index in [9.17, 15) is 4.79 Å².